The predicted molar refractivity (Wildman–Crippen MR) is 71.5 cm³/mol. The standard InChI is InChI=1S/C14H14O3S/c1-17-11-4-3-10(9-5-8-18-12(9)11)14(13(15)16)6-2-7-14/h3-5,8H,2,6-7H2,1H3,(H,15,16). The van der Waals surface area contributed by atoms with E-state index in [0.717, 1.165) is 40.7 Å². The highest BCUT2D eigenvalue weighted by Gasteiger charge is 2.46. The second-order valence-electron chi connectivity index (χ2n) is 4.72. The van der Waals surface area contributed by atoms with Crippen LogP contribution in [0.5, 0.6) is 5.75 Å². The minimum Gasteiger partial charge on any atom is -0.495 e. The maximum atomic E-state index is 11.6. The van der Waals surface area contributed by atoms with Gasteiger partial charge in [0.2, 0.25) is 0 Å². The SMILES string of the molecule is COc1ccc(C2(C(=O)O)CCC2)c2ccsc12. The maximum absolute atomic E-state index is 11.6. The molecule has 1 aromatic carbocycles. The van der Waals surface area contributed by atoms with Gasteiger partial charge in [0.1, 0.15) is 5.75 Å². The fourth-order valence-electron chi connectivity index (χ4n) is 2.74. The summed E-state index contributed by atoms with van der Waals surface area (Å²) in [4.78, 5) is 11.6. The van der Waals surface area contributed by atoms with E-state index in [1.54, 1.807) is 18.4 Å². The molecular formula is C14H14O3S. The number of thiophene rings is 1. The van der Waals surface area contributed by atoms with E-state index in [4.69, 9.17) is 4.74 Å². The van der Waals surface area contributed by atoms with Crippen LogP contribution in [0, 0.1) is 0 Å². The van der Waals surface area contributed by atoms with E-state index in [1.807, 2.05) is 23.6 Å². The molecule has 1 aliphatic carbocycles. The maximum Gasteiger partial charge on any atom is 0.314 e. The summed E-state index contributed by atoms with van der Waals surface area (Å²) in [5.41, 5.74) is 0.268. The van der Waals surface area contributed by atoms with Crippen molar-refractivity contribution in [3.05, 3.63) is 29.1 Å². The lowest BCUT2D eigenvalue weighted by Crippen LogP contribution is -2.42. The van der Waals surface area contributed by atoms with Gasteiger partial charge in [-0.3, -0.25) is 4.79 Å². The molecule has 0 amide bonds. The lowest BCUT2D eigenvalue weighted by atomic mass is 9.64. The second kappa shape index (κ2) is 3.99. The third-order valence-electron chi connectivity index (χ3n) is 3.93. The van der Waals surface area contributed by atoms with Crippen molar-refractivity contribution in [3.63, 3.8) is 0 Å². The van der Waals surface area contributed by atoms with Crippen molar-refractivity contribution in [3.8, 4) is 5.75 Å². The summed E-state index contributed by atoms with van der Waals surface area (Å²) >= 11 is 1.60. The molecular weight excluding hydrogens is 248 g/mol. The van der Waals surface area contributed by atoms with Gasteiger partial charge in [0.05, 0.1) is 17.2 Å². The molecule has 2 aromatic rings. The van der Waals surface area contributed by atoms with E-state index in [1.165, 1.54) is 0 Å². The summed E-state index contributed by atoms with van der Waals surface area (Å²) in [6.07, 6.45) is 2.46. The molecule has 0 spiro atoms. The lowest BCUT2D eigenvalue weighted by molar-refractivity contribution is -0.147. The first-order valence-corrected chi connectivity index (χ1v) is 6.85. The van der Waals surface area contributed by atoms with E-state index in [-0.39, 0.29) is 0 Å². The van der Waals surface area contributed by atoms with Crippen molar-refractivity contribution in [2.75, 3.05) is 7.11 Å². The van der Waals surface area contributed by atoms with Crippen LogP contribution in [0.1, 0.15) is 24.8 Å². The van der Waals surface area contributed by atoms with Crippen LogP contribution in [0.2, 0.25) is 0 Å². The highest BCUT2D eigenvalue weighted by molar-refractivity contribution is 7.17. The Morgan fingerprint density at radius 1 is 1.39 bits per heavy atom. The number of carboxylic acids is 1. The largest absolute Gasteiger partial charge is 0.495 e. The average Bonchev–Trinajstić information content (AvgIpc) is 2.76. The van der Waals surface area contributed by atoms with E-state index in [0.29, 0.717) is 0 Å². The lowest BCUT2D eigenvalue weighted by Gasteiger charge is -2.38. The smallest absolute Gasteiger partial charge is 0.314 e. The van der Waals surface area contributed by atoms with Gasteiger partial charge in [-0.05, 0) is 35.9 Å². The number of fused-ring (bicyclic) bond motifs is 1. The molecule has 0 saturated heterocycles. The van der Waals surface area contributed by atoms with Crippen molar-refractivity contribution < 1.29 is 14.6 Å². The Labute approximate surface area is 109 Å². The number of aliphatic carboxylic acids is 1. The Balaban J connectivity index is 2.24. The summed E-state index contributed by atoms with van der Waals surface area (Å²) in [6, 6.07) is 5.80. The van der Waals surface area contributed by atoms with Gasteiger partial charge < -0.3 is 9.84 Å². The van der Waals surface area contributed by atoms with Crippen LogP contribution in [0.4, 0.5) is 0 Å². The number of ether oxygens (including phenoxy) is 1. The Hall–Kier alpha value is -1.55. The molecule has 1 aliphatic rings. The molecule has 94 valence electrons. The van der Waals surface area contributed by atoms with Crippen LogP contribution in [0.3, 0.4) is 0 Å². The van der Waals surface area contributed by atoms with Gasteiger partial charge in [0, 0.05) is 5.39 Å². The van der Waals surface area contributed by atoms with Gasteiger partial charge in [0.25, 0.3) is 0 Å². The number of benzene rings is 1. The fourth-order valence-corrected chi connectivity index (χ4v) is 3.66. The van der Waals surface area contributed by atoms with Crippen molar-refractivity contribution in [2.45, 2.75) is 24.7 Å². The molecule has 0 atom stereocenters. The van der Waals surface area contributed by atoms with Crippen molar-refractivity contribution in [1.29, 1.82) is 0 Å². The van der Waals surface area contributed by atoms with E-state index in [2.05, 4.69) is 0 Å². The third-order valence-corrected chi connectivity index (χ3v) is 4.86. The van der Waals surface area contributed by atoms with Gasteiger partial charge in [-0.2, -0.15) is 0 Å². The molecule has 4 heteroatoms. The van der Waals surface area contributed by atoms with E-state index in [9.17, 15) is 9.90 Å². The number of carboxylic acid groups (broad SMARTS) is 1. The number of rotatable bonds is 3. The van der Waals surface area contributed by atoms with Crippen LogP contribution in [0.25, 0.3) is 10.1 Å². The van der Waals surface area contributed by atoms with Crippen molar-refractivity contribution >= 4 is 27.4 Å². The molecule has 1 fully saturated rings. The monoisotopic (exact) mass is 262 g/mol. The topological polar surface area (TPSA) is 46.5 Å². The Kier molecular flexibility index (Phi) is 2.55. The third kappa shape index (κ3) is 1.38. The summed E-state index contributed by atoms with van der Waals surface area (Å²) < 4.78 is 6.37. The summed E-state index contributed by atoms with van der Waals surface area (Å²) in [5, 5.41) is 12.6. The Morgan fingerprint density at radius 3 is 2.72 bits per heavy atom. The quantitative estimate of drug-likeness (QED) is 0.922. The highest BCUT2D eigenvalue weighted by Crippen LogP contribution is 2.48. The Bertz CT molecular complexity index is 611. The molecule has 3 nitrogen and oxygen atoms in total. The van der Waals surface area contributed by atoms with Gasteiger partial charge in [-0.25, -0.2) is 0 Å². The molecule has 0 unspecified atom stereocenters. The van der Waals surface area contributed by atoms with Crippen molar-refractivity contribution in [1.82, 2.24) is 0 Å². The summed E-state index contributed by atoms with van der Waals surface area (Å²) in [5.74, 6) is 0.120. The van der Waals surface area contributed by atoms with Crippen LogP contribution < -0.4 is 4.74 Å². The summed E-state index contributed by atoms with van der Waals surface area (Å²) in [6.45, 7) is 0. The molecule has 1 saturated carbocycles. The number of methoxy groups -OCH3 is 1. The minimum absolute atomic E-state index is 0.675. The Morgan fingerprint density at radius 2 is 2.17 bits per heavy atom. The highest BCUT2D eigenvalue weighted by atomic mass is 32.1. The zero-order valence-electron chi connectivity index (χ0n) is 10.1. The van der Waals surface area contributed by atoms with Crippen LogP contribution in [-0.2, 0) is 10.2 Å². The fraction of sp³-hybridized carbons (Fsp3) is 0.357. The number of hydrogen-bond donors (Lipinski definition) is 1. The zero-order chi connectivity index (χ0) is 12.8. The zero-order valence-corrected chi connectivity index (χ0v) is 10.9. The predicted octanol–water partition coefficient (Wildman–Crippen LogP) is 3.42. The van der Waals surface area contributed by atoms with Crippen LogP contribution in [-0.4, -0.2) is 18.2 Å². The van der Waals surface area contributed by atoms with E-state index < -0.39 is 11.4 Å². The van der Waals surface area contributed by atoms with E-state index >= 15 is 0 Å². The molecule has 0 aliphatic heterocycles. The molecule has 1 heterocycles. The first-order chi connectivity index (χ1) is 8.69. The molecule has 0 radical (unpaired) electrons. The van der Waals surface area contributed by atoms with Gasteiger partial charge in [0.15, 0.2) is 0 Å². The van der Waals surface area contributed by atoms with Crippen molar-refractivity contribution in [2.24, 2.45) is 0 Å². The van der Waals surface area contributed by atoms with Crippen LogP contribution >= 0.6 is 11.3 Å². The average molecular weight is 262 g/mol. The number of hydrogen-bond acceptors (Lipinski definition) is 3. The minimum atomic E-state index is -0.702. The molecule has 18 heavy (non-hydrogen) atoms. The van der Waals surface area contributed by atoms with Gasteiger partial charge >= 0.3 is 5.97 Å². The van der Waals surface area contributed by atoms with Gasteiger partial charge in [-0.15, -0.1) is 11.3 Å². The molecule has 3 rings (SSSR count). The molecule has 0 bridgehead atoms. The number of carbonyl (C=O) groups is 1. The second-order valence-corrected chi connectivity index (χ2v) is 5.64. The normalized spacial score (nSPS) is 17.4. The summed E-state index contributed by atoms with van der Waals surface area (Å²) in [7, 11) is 1.64. The first-order valence-electron chi connectivity index (χ1n) is 5.97. The van der Waals surface area contributed by atoms with Crippen LogP contribution in [0.15, 0.2) is 23.6 Å². The first kappa shape index (κ1) is 11.5. The molecule has 1 aromatic heterocycles. The van der Waals surface area contributed by atoms with Gasteiger partial charge in [-0.1, -0.05) is 12.5 Å². The molecule has 1 N–H and O–H groups in total.